The van der Waals surface area contributed by atoms with Crippen molar-refractivity contribution in [2.45, 2.75) is 81.4 Å². The van der Waals surface area contributed by atoms with Crippen molar-refractivity contribution in [3.63, 3.8) is 0 Å². The zero-order valence-electron chi connectivity index (χ0n) is 30.9. The summed E-state index contributed by atoms with van der Waals surface area (Å²) in [6, 6.07) is 12.5. The average molecular weight is 850 g/mol. The van der Waals surface area contributed by atoms with E-state index >= 15 is 8.78 Å². The van der Waals surface area contributed by atoms with Crippen molar-refractivity contribution >= 4 is 44.9 Å². The van der Waals surface area contributed by atoms with Crippen molar-refractivity contribution in [3.05, 3.63) is 117 Å². The van der Waals surface area contributed by atoms with Gasteiger partial charge in [0.15, 0.2) is 28.2 Å². The first-order chi connectivity index (χ1) is 27.6. The third-order valence-corrected chi connectivity index (χ3v) is 12.9. The van der Waals surface area contributed by atoms with Crippen LogP contribution in [0.25, 0.3) is 0 Å². The van der Waals surface area contributed by atoms with Crippen LogP contribution in [0.4, 0.5) is 37.7 Å². The van der Waals surface area contributed by atoms with Gasteiger partial charge in [-0.15, -0.1) is 0 Å². The second kappa shape index (κ2) is 16.8. The van der Waals surface area contributed by atoms with Gasteiger partial charge in [0.1, 0.15) is 11.6 Å². The van der Waals surface area contributed by atoms with Crippen molar-refractivity contribution in [1.29, 1.82) is 0 Å². The molecule has 3 aliphatic rings. The molecule has 0 atom stereocenters. The number of rotatable bonds is 14. The minimum Gasteiger partial charge on any atom is -0.488 e. The van der Waals surface area contributed by atoms with E-state index in [4.69, 9.17) is 16.3 Å². The first-order valence-corrected chi connectivity index (χ1v) is 20.6. The van der Waals surface area contributed by atoms with Gasteiger partial charge in [-0.1, -0.05) is 23.7 Å². The largest absolute Gasteiger partial charge is 0.488 e. The van der Waals surface area contributed by atoms with Crippen LogP contribution >= 0.6 is 11.6 Å². The van der Waals surface area contributed by atoms with Crippen LogP contribution in [0.15, 0.2) is 59.5 Å². The van der Waals surface area contributed by atoms with Crippen LogP contribution in [0.2, 0.25) is 5.02 Å². The van der Waals surface area contributed by atoms with Crippen LogP contribution in [0.1, 0.15) is 84.3 Å². The highest BCUT2D eigenvalue weighted by atomic mass is 35.5. The van der Waals surface area contributed by atoms with Crippen molar-refractivity contribution in [3.8, 4) is 5.75 Å². The third kappa shape index (κ3) is 8.64. The lowest BCUT2D eigenvalue weighted by Gasteiger charge is -2.30. The zero-order valence-corrected chi connectivity index (χ0v) is 32.5. The number of carbonyl (C=O) groups excluding carboxylic acids is 1. The van der Waals surface area contributed by atoms with Crippen LogP contribution in [0.3, 0.4) is 0 Å². The zero-order chi connectivity index (χ0) is 41.5. The van der Waals surface area contributed by atoms with Gasteiger partial charge in [-0.3, -0.25) is 4.79 Å². The number of carboxylic acids is 1. The van der Waals surface area contributed by atoms with Crippen molar-refractivity contribution in [1.82, 2.24) is 4.31 Å². The molecule has 7 rings (SSSR count). The number of aromatic carboxylic acids is 1. The lowest BCUT2D eigenvalue weighted by Crippen LogP contribution is -2.43. The fourth-order valence-corrected chi connectivity index (χ4v) is 9.19. The second-order valence-corrected chi connectivity index (χ2v) is 17.1. The van der Waals surface area contributed by atoms with E-state index in [0.717, 1.165) is 86.0 Å². The molecule has 1 saturated heterocycles. The summed E-state index contributed by atoms with van der Waals surface area (Å²) in [5.41, 5.74) is 2.25. The van der Waals surface area contributed by atoms with Crippen LogP contribution in [0, 0.1) is 34.9 Å². The van der Waals surface area contributed by atoms with Crippen LogP contribution in [-0.4, -0.2) is 55.4 Å². The molecular weight excluding hydrogens is 812 g/mol. The van der Waals surface area contributed by atoms with E-state index in [1.54, 1.807) is 0 Å². The predicted molar refractivity (Wildman–Crippen MR) is 203 cm³/mol. The molecule has 9 nitrogen and oxygen atoms in total. The number of hydrogen-bond donors (Lipinski definition) is 1. The van der Waals surface area contributed by atoms with Crippen LogP contribution in [-0.2, 0) is 27.9 Å². The number of halogens is 7. The molecule has 4 aromatic carbocycles. The molecule has 0 bridgehead atoms. The van der Waals surface area contributed by atoms with E-state index in [0.29, 0.717) is 18.4 Å². The highest BCUT2D eigenvalue weighted by molar-refractivity contribution is 7.89. The Bertz CT molecular complexity index is 2340. The lowest BCUT2D eigenvalue weighted by molar-refractivity contribution is -0.119. The molecule has 2 saturated carbocycles. The molecule has 17 heteroatoms. The van der Waals surface area contributed by atoms with Gasteiger partial charge < -0.3 is 19.6 Å². The first-order valence-electron chi connectivity index (χ1n) is 18.8. The third-order valence-electron chi connectivity index (χ3n) is 10.7. The number of nitrogens with zero attached hydrogens (tertiary/aromatic N) is 3. The maximum atomic E-state index is 15.2. The normalized spacial score (nSPS) is 16.0. The smallest absolute Gasteiger partial charge is 0.335 e. The minimum atomic E-state index is -5.79. The summed E-state index contributed by atoms with van der Waals surface area (Å²) in [5, 5.41) is 9.52. The number of sulfonamides is 1. The monoisotopic (exact) mass is 849 g/mol. The number of ether oxygens (including phenoxy) is 1. The maximum absolute atomic E-state index is 15.2. The summed E-state index contributed by atoms with van der Waals surface area (Å²) in [5.74, 6) is -15.8. The Kier molecular flexibility index (Phi) is 12.0. The van der Waals surface area contributed by atoms with Gasteiger partial charge in [-0.05, 0) is 116 Å². The van der Waals surface area contributed by atoms with Gasteiger partial charge in [0, 0.05) is 30.3 Å². The van der Waals surface area contributed by atoms with Crippen molar-refractivity contribution in [2.75, 3.05) is 29.4 Å². The van der Waals surface area contributed by atoms with E-state index in [-0.39, 0.29) is 50.5 Å². The summed E-state index contributed by atoms with van der Waals surface area (Å²) in [6.07, 6.45) is 6.49. The van der Waals surface area contributed by atoms with E-state index in [1.807, 2.05) is 12.1 Å². The number of carbonyl (C=O) groups is 2. The number of amides is 1. The summed E-state index contributed by atoms with van der Waals surface area (Å²) < 4.78 is 122. The molecule has 1 amide bonds. The van der Waals surface area contributed by atoms with Crippen LogP contribution < -0.4 is 14.5 Å². The summed E-state index contributed by atoms with van der Waals surface area (Å²) in [6.45, 7) is -0.854. The quantitative estimate of drug-likeness (QED) is 0.0767. The highest BCUT2D eigenvalue weighted by Crippen LogP contribution is 2.43. The standard InChI is InChI=1S/C41H38ClF6N3O6S/c42-31-19-28(43)11-9-26(31)21-50(58(55,56)40-38(47)36(45)35(44)37(46)39(40)48)22-34(52)51(32-12-10-25(41(53)54)18-33(32)57-30-5-1-2-6-30)20-23-15-27(24-7-8-24)17-29(16-23)49-13-3-4-14-49/h9-12,15-19,24,30H,1-8,13-14,20-22H2,(H,53,54). The SMILES string of the molecule is O=C(O)c1ccc(N(Cc2cc(C3CC3)cc(N3CCCC3)c2)C(=O)CN(Cc2ccc(F)cc2Cl)S(=O)(=O)c2c(F)c(F)c(F)c(F)c2F)c(OC2CCCC2)c1. The number of benzene rings is 4. The summed E-state index contributed by atoms with van der Waals surface area (Å²) in [7, 11) is -5.79. The topological polar surface area (TPSA) is 107 Å². The Hall–Kier alpha value is -4.80. The van der Waals surface area contributed by atoms with E-state index in [2.05, 4.69) is 11.0 Å². The second-order valence-electron chi connectivity index (χ2n) is 14.8. The number of carboxylic acid groups (broad SMARTS) is 1. The van der Waals surface area contributed by atoms with Gasteiger partial charge in [-0.2, -0.15) is 4.31 Å². The minimum absolute atomic E-state index is 0.00554. The molecule has 1 aliphatic heterocycles. The molecule has 0 radical (unpaired) electrons. The number of anilines is 2. The van der Waals surface area contributed by atoms with Crippen molar-refractivity contribution < 1.29 is 54.2 Å². The van der Waals surface area contributed by atoms with Gasteiger partial charge in [0.25, 0.3) is 0 Å². The summed E-state index contributed by atoms with van der Waals surface area (Å²) in [4.78, 5) is 28.1. The van der Waals surface area contributed by atoms with Gasteiger partial charge in [-0.25, -0.2) is 39.6 Å². The van der Waals surface area contributed by atoms with Crippen molar-refractivity contribution in [2.24, 2.45) is 0 Å². The molecule has 0 spiro atoms. The molecule has 0 unspecified atom stereocenters. The molecule has 1 N–H and O–H groups in total. The molecule has 308 valence electrons. The molecule has 1 heterocycles. The van der Waals surface area contributed by atoms with E-state index < -0.39 is 74.8 Å². The lowest BCUT2D eigenvalue weighted by atomic mass is 10.0. The summed E-state index contributed by atoms with van der Waals surface area (Å²) >= 11 is 6.22. The van der Waals surface area contributed by atoms with Gasteiger partial charge in [0.2, 0.25) is 21.7 Å². The Morgan fingerprint density at radius 1 is 0.793 bits per heavy atom. The fourth-order valence-electron chi connectivity index (χ4n) is 7.48. The molecular formula is C41H38ClF6N3O6S. The Balaban J connectivity index is 1.36. The van der Waals surface area contributed by atoms with E-state index in [9.17, 15) is 40.7 Å². The van der Waals surface area contributed by atoms with E-state index in [1.165, 1.54) is 18.2 Å². The molecule has 3 fully saturated rings. The molecule has 0 aromatic heterocycles. The van der Waals surface area contributed by atoms with Gasteiger partial charge >= 0.3 is 5.97 Å². The Labute approximate surface area is 335 Å². The molecule has 4 aromatic rings. The average Bonchev–Trinajstić information content (AvgIpc) is 3.63. The Morgan fingerprint density at radius 3 is 2.07 bits per heavy atom. The predicted octanol–water partition coefficient (Wildman–Crippen LogP) is 9.10. The van der Waals surface area contributed by atoms with Crippen LogP contribution in [0.5, 0.6) is 5.75 Å². The van der Waals surface area contributed by atoms with Gasteiger partial charge in [0.05, 0.1) is 30.4 Å². The maximum Gasteiger partial charge on any atom is 0.335 e. The molecule has 2 aliphatic carbocycles. The molecule has 58 heavy (non-hydrogen) atoms. The first kappa shape index (κ1) is 41.4. The fraction of sp³-hybridized carbons (Fsp3) is 0.366. The Morgan fingerprint density at radius 2 is 1.45 bits per heavy atom. The highest BCUT2D eigenvalue weighted by Gasteiger charge is 2.39. The number of hydrogen-bond acceptors (Lipinski definition) is 6.